The molecule has 2 amide bonds. The molecule has 7 nitrogen and oxygen atoms in total. The van der Waals surface area contributed by atoms with E-state index in [9.17, 15) is 9.59 Å². The van der Waals surface area contributed by atoms with Gasteiger partial charge in [-0.3, -0.25) is 14.6 Å². The monoisotopic (exact) mass is 311 g/mol. The molecule has 21 heavy (non-hydrogen) atoms. The van der Waals surface area contributed by atoms with Crippen LogP contribution < -0.4 is 0 Å². The van der Waals surface area contributed by atoms with Gasteiger partial charge in [-0.2, -0.15) is 0 Å². The Bertz CT molecular complexity index is 529. The predicted octanol–water partition coefficient (Wildman–Crippen LogP) is -0.0240. The maximum atomic E-state index is 12.3. The largest absolute Gasteiger partial charge is 0.338 e. The molecule has 114 valence electrons. The lowest BCUT2D eigenvalue weighted by Gasteiger charge is -2.35. The minimum absolute atomic E-state index is 0.0784. The smallest absolute Gasteiger partial charge is 0.274 e. The van der Waals surface area contributed by atoms with E-state index in [1.807, 2.05) is 19.0 Å². The number of likely N-dealkylation sites (N-methyl/N-ethyl adjacent to an activating group) is 1. The van der Waals surface area contributed by atoms with Gasteiger partial charge in [0.25, 0.3) is 5.91 Å². The van der Waals surface area contributed by atoms with Gasteiger partial charge in [-0.25, -0.2) is 4.98 Å². The zero-order valence-electron chi connectivity index (χ0n) is 12.1. The highest BCUT2D eigenvalue weighted by Gasteiger charge is 2.25. The molecule has 1 aliphatic rings. The standard InChI is InChI=1S/C13H18ClN5O2/c1-17(2)9-12(20)18-3-5-19(6-4-18)13(21)10-7-15-8-11(14)16-10/h7-8H,3-6,9H2,1-2H3. The maximum absolute atomic E-state index is 12.3. The summed E-state index contributed by atoms with van der Waals surface area (Å²) in [6.07, 6.45) is 2.79. The number of hydrogen-bond acceptors (Lipinski definition) is 5. The van der Waals surface area contributed by atoms with E-state index in [2.05, 4.69) is 9.97 Å². The minimum Gasteiger partial charge on any atom is -0.338 e. The Kier molecular flexibility index (Phi) is 5.08. The normalized spacial score (nSPS) is 15.4. The molecule has 0 radical (unpaired) electrons. The molecule has 0 saturated carbocycles. The molecule has 0 spiro atoms. The van der Waals surface area contributed by atoms with E-state index in [0.29, 0.717) is 32.7 Å². The highest BCUT2D eigenvalue weighted by atomic mass is 35.5. The number of piperazine rings is 1. The Labute approximate surface area is 128 Å². The van der Waals surface area contributed by atoms with E-state index in [1.54, 1.807) is 9.80 Å². The van der Waals surface area contributed by atoms with Crippen molar-refractivity contribution >= 4 is 23.4 Å². The summed E-state index contributed by atoms with van der Waals surface area (Å²) in [5, 5.41) is 0.195. The number of nitrogens with zero attached hydrogens (tertiary/aromatic N) is 5. The summed E-state index contributed by atoms with van der Waals surface area (Å²) in [4.78, 5) is 37.3. The molecule has 0 aliphatic carbocycles. The molecule has 1 saturated heterocycles. The summed E-state index contributed by atoms with van der Waals surface area (Å²) in [5.41, 5.74) is 0.232. The van der Waals surface area contributed by atoms with Crippen LogP contribution in [0, 0.1) is 0 Å². The predicted molar refractivity (Wildman–Crippen MR) is 78.1 cm³/mol. The first kappa shape index (κ1) is 15.7. The summed E-state index contributed by atoms with van der Waals surface area (Å²) in [6.45, 7) is 2.44. The van der Waals surface area contributed by atoms with Gasteiger partial charge in [0, 0.05) is 26.2 Å². The number of amides is 2. The van der Waals surface area contributed by atoms with E-state index < -0.39 is 0 Å². The first-order chi connectivity index (χ1) is 9.97. The van der Waals surface area contributed by atoms with Crippen LogP contribution in [0.3, 0.4) is 0 Å². The molecule has 0 atom stereocenters. The molecule has 8 heteroatoms. The summed E-state index contributed by atoms with van der Waals surface area (Å²) >= 11 is 5.74. The van der Waals surface area contributed by atoms with Gasteiger partial charge in [-0.05, 0) is 14.1 Å². The summed E-state index contributed by atoms with van der Waals surface area (Å²) < 4.78 is 0. The van der Waals surface area contributed by atoms with Crippen LogP contribution >= 0.6 is 11.6 Å². The van der Waals surface area contributed by atoms with E-state index in [1.165, 1.54) is 12.4 Å². The fourth-order valence-corrected chi connectivity index (χ4v) is 2.28. The lowest BCUT2D eigenvalue weighted by atomic mass is 10.2. The van der Waals surface area contributed by atoms with Crippen LogP contribution in [0.5, 0.6) is 0 Å². The minimum atomic E-state index is -0.204. The van der Waals surface area contributed by atoms with Crippen LogP contribution in [-0.4, -0.2) is 83.3 Å². The van der Waals surface area contributed by atoms with E-state index in [-0.39, 0.29) is 22.7 Å². The zero-order valence-corrected chi connectivity index (χ0v) is 12.9. The Morgan fingerprint density at radius 2 is 1.81 bits per heavy atom. The van der Waals surface area contributed by atoms with Crippen LogP contribution in [0.25, 0.3) is 0 Å². The number of hydrogen-bond donors (Lipinski definition) is 0. The van der Waals surface area contributed by atoms with Crippen LogP contribution in [0.1, 0.15) is 10.5 Å². The van der Waals surface area contributed by atoms with Gasteiger partial charge in [0.1, 0.15) is 10.8 Å². The van der Waals surface area contributed by atoms with Gasteiger partial charge >= 0.3 is 0 Å². The fourth-order valence-electron chi connectivity index (χ4n) is 2.14. The second kappa shape index (κ2) is 6.82. The van der Waals surface area contributed by atoms with Gasteiger partial charge < -0.3 is 14.7 Å². The van der Waals surface area contributed by atoms with Crippen molar-refractivity contribution in [2.45, 2.75) is 0 Å². The average molecular weight is 312 g/mol. The summed E-state index contributed by atoms with van der Waals surface area (Å²) in [7, 11) is 3.71. The molecule has 1 aliphatic heterocycles. The van der Waals surface area contributed by atoms with Crippen molar-refractivity contribution in [3.05, 3.63) is 23.2 Å². The number of halogens is 1. The lowest BCUT2D eigenvalue weighted by molar-refractivity contribution is -0.133. The van der Waals surface area contributed by atoms with Crippen LogP contribution in [0.15, 0.2) is 12.4 Å². The molecule has 0 N–H and O–H groups in total. The Morgan fingerprint density at radius 3 is 2.38 bits per heavy atom. The van der Waals surface area contributed by atoms with Crippen LogP contribution in [0.2, 0.25) is 5.15 Å². The van der Waals surface area contributed by atoms with Crippen molar-refractivity contribution < 1.29 is 9.59 Å². The quantitative estimate of drug-likeness (QED) is 0.784. The Morgan fingerprint density at radius 1 is 1.19 bits per heavy atom. The van der Waals surface area contributed by atoms with E-state index >= 15 is 0 Å². The average Bonchev–Trinajstić information content (AvgIpc) is 2.46. The van der Waals surface area contributed by atoms with Gasteiger partial charge in [0.15, 0.2) is 0 Å². The van der Waals surface area contributed by atoms with Crippen molar-refractivity contribution in [1.29, 1.82) is 0 Å². The molecule has 0 bridgehead atoms. The van der Waals surface area contributed by atoms with Crippen molar-refractivity contribution in [3.63, 3.8) is 0 Å². The number of carbonyl (C=O) groups excluding carboxylic acids is 2. The van der Waals surface area contributed by atoms with Crippen molar-refractivity contribution in [3.8, 4) is 0 Å². The second-order valence-corrected chi connectivity index (χ2v) is 5.53. The van der Waals surface area contributed by atoms with E-state index in [4.69, 9.17) is 11.6 Å². The molecule has 2 heterocycles. The molecular formula is C13H18ClN5O2. The third-order valence-corrected chi connectivity index (χ3v) is 3.38. The Hall–Kier alpha value is -1.73. The third-order valence-electron chi connectivity index (χ3n) is 3.20. The molecule has 2 rings (SSSR count). The second-order valence-electron chi connectivity index (χ2n) is 5.14. The number of rotatable bonds is 3. The van der Waals surface area contributed by atoms with Gasteiger partial charge in [0.05, 0.1) is 18.9 Å². The van der Waals surface area contributed by atoms with Crippen LogP contribution in [-0.2, 0) is 4.79 Å². The van der Waals surface area contributed by atoms with Crippen LogP contribution in [0.4, 0.5) is 0 Å². The SMILES string of the molecule is CN(C)CC(=O)N1CCN(C(=O)c2cncc(Cl)n2)CC1. The molecule has 0 aromatic carbocycles. The maximum Gasteiger partial charge on any atom is 0.274 e. The summed E-state index contributed by atoms with van der Waals surface area (Å²) in [6, 6.07) is 0. The fraction of sp³-hybridized carbons (Fsp3) is 0.538. The zero-order chi connectivity index (χ0) is 15.4. The molecule has 0 unspecified atom stereocenters. The first-order valence-electron chi connectivity index (χ1n) is 6.66. The highest BCUT2D eigenvalue weighted by Crippen LogP contribution is 2.09. The van der Waals surface area contributed by atoms with Crippen molar-refractivity contribution in [2.24, 2.45) is 0 Å². The number of aromatic nitrogens is 2. The highest BCUT2D eigenvalue weighted by molar-refractivity contribution is 6.29. The van der Waals surface area contributed by atoms with Gasteiger partial charge in [-0.15, -0.1) is 0 Å². The van der Waals surface area contributed by atoms with Crippen molar-refractivity contribution in [2.75, 3.05) is 46.8 Å². The number of carbonyl (C=O) groups is 2. The third kappa shape index (κ3) is 4.12. The molecule has 1 fully saturated rings. The first-order valence-corrected chi connectivity index (χ1v) is 7.04. The molecular weight excluding hydrogens is 294 g/mol. The molecule has 1 aromatic heterocycles. The van der Waals surface area contributed by atoms with Gasteiger partial charge in [0.2, 0.25) is 5.91 Å². The van der Waals surface area contributed by atoms with Crippen molar-refractivity contribution in [1.82, 2.24) is 24.7 Å². The van der Waals surface area contributed by atoms with Gasteiger partial charge in [-0.1, -0.05) is 11.6 Å². The topological polar surface area (TPSA) is 69.6 Å². The Balaban J connectivity index is 1.92. The summed E-state index contributed by atoms with van der Waals surface area (Å²) in [5.74, 6) is -0.126. The van der Waals surface area contributed by atoms with E-state index in [0.717, 1.165) is 0 Å². The lowest BCUT2D eigenvalue weighted by Crippen LogP contribution is -2.52. The molecule has 1 aromatic rings.